The van der Waals surface area contributed by atoms with E-state index < -0.39 is 27.0 Å². The van der Waals surface area contributed by atoms with Crippen LogP contribution < -0.4 is 0 Å². The second-order valence-corrected chi connectivity index (χ2v) is 9.29. The minimum absolute atomic E-state index is 0.00608. The molecule has 26 heavy (non-hydrogen) atoms. The van der Waals surface area contributed by atoms with E-state index in [1.54, 1.807) is 0 Å². The fraction of sp³-hybridized carbons (Fsp3) is 0.381. The van der Waals surface area contributed by atoms with Crippen LogP contribution in [0.25, 0.3) is 11.1 Å². The summed E-state index contributed by atoms with van der Waals surface area (Å²) in [5.41, 5.74) is 3.17. The molecule has 1 aliphatic carbocycles. The highest BCUT2D eigenvalue weighted by atomic mass is 32.2. The predicted molar refractivity (Wildman–Crippen MR) is 103 cm³/mol. The third-order valence-corrected chi connectivity index (χ3v) is 7.48. The second-order valence-electron chi connectivity index (χ2n) is 6.95. The molecule has 138 valence electrons. The molecule has 2 atom stereocenters. The van der Waals surface area contributed by atoms with Crippen molar-refractivity contribution < 1.29 is 18.3 Å². The Labute approximate surface area is 154 Å². The number of carbonyl (C=O) groups is 1. The first-order chi connectivity index (χ1) is 12.5. The summed E-state index contributed by atoms with van der Waals surface area (Å²) in [4.78, 5) is 11.4. The highest BCUT2D eigenvalue weighted by Crippen LogP contribution is 2.31. The minimum atomic E-state index is -3.42. The lowest BCUT2D eigenvalue weighted by Crippen LogP contribution is -2.39. The van der Waals surface area contributed by atoms with Gasteiger partial charge in [0.25, 0.3) is 0 Å². The first kappa shape index (κ1) is 18.6. The molecule has 1 fully saturated rings. The van der Waals surface area contributed by atoms with Gasteiger partial charge >= 0.3 is 5.97 Å². The van der Waals surface area contributed by atoms with Crippen LogP contribution in [0.4, 0.5) is 0 Å². The van der Waals surface area contributed by atoms with E-state index in [0.717, 1.165) is 29.5 Å². The van der Waals surface area contributed by atoms with Gasteiger partial charge in [-0.05, 0) is 36.0 Å². The first-order valence-electron chi connectivity index (χ1n) is 9.06. The number of rotatable bonds is 6. The Hall–Kier alpha value is -2.14. The van der Waals surface area contributed by atoms with E-state index in [1.807, 2.05) is 54.6 Å². The Kier molecular flexibility index (Phi) is 5.77. The van der Waals surface area contributed by atoms with Crippen molar-refractivity contribution in [2.45, 2.75) is 37.4 Å². The summed E-state index contributed by atoms with van der Waals surface area (Å²) in [6.07, 6.45) is 2.93. The molecule has 0 saturated heterocycles. The summed E-state index contributed by atoms with van der Waals surface area (Å²) < 4.78 is 25.4. The van der Waals surface area contributed by atoms with Crippen molar-refractivity contribution >= 4 is 15.8 Å². The zero-order valence-electron chi connectivity index (χ0n) is 14.7. The van der Waals surface area contributed by atoms with Crippen molar-refractivity contribution in [2.24, 2.45) is 5.92 Å². The van der Waals surface area contributed by atoms with Gasteiger partial charge in [-0.15, -0.1) is 0 Å². The van der Waals surface area contributed by atoms with Gasteiger partial charge in [0.2, 0.25) is 0 Å². The van der Waals surface area contributed by atoms with Gasteiger partial charge in [0.1, 0.15) is 0 Å². The molecule has 0 amide bonds. The third-order valence-electron chi connectivity index (χ3n) is 5.22. The zero-order chi connectivity index (χ0) is 18.6. The van der Waals surface area contributed by atoms with Crippen LogP contribution in [0.2, 0.25) is 0 Å². The van der Waals surface area contributed by atoms with Crippen molar-refractivity contribution in [1.29, 1.82) is 0 Å². The van der Waals surface area contributed by atoms with Crippen LogP contribution in [0.5, 0.6) is 0 Å². The average molecular weight is 372 g/mol. The molecule has 0 heterocycles. The Morgan fingerprint density at radius 2 is 1.54 bits per heavy atom. The van der Waals surface area contributed by atoms with Crippen molar-refractivity contribution in [1.82, 2.24) is 0 Å². The summed E-state index contributed by atoms with van der Waals surface area (Å²) in [7, 11) is -3.42. The molecule has 4 nitrogen and oxygen atoms in total. The molecule has 0 bridgehead atoms. The summed E-state index contributed by atoms with van der Waals surface area (Å²) >= 11 is 0. The molecule has 2 aromatic carbocycles. The van der Waals surface area contributed by atoms with E-state index in [0.29, 0.717) is 19.3 Å². The molecule has 0 radical (unpaired) electrons. The van der Waals surface area contributed by atoms with Gasteiger partial charge in [0.05, 0.1) is 16.9 Å². The maximum atomic E-state index is 12.7. The van der Waals surface area contributed by atoms with Gasteiger partial charge in [-0.2, -0.15) is 0 Å². The number of hydrogen-bond donors (Lipinski definition) is 1. The minimum Gasteiger partial charge on any atom is -0.481 e. The average Bonchev–Trinajstić information content (AvgIpc) is 2.67. The predicted octanol–water partition coefficient (Wildman–Crippen LogP) is 3.95. The van der Waals surface area contributed by atoms with Crippen LogP contribution in [-0.4, -0.2) is 30.5 Å². The van der Waals surface area contributed by atoms with Gasteiger partial charge in [-0.3, -0.25) is 4.79 Å². The zero-order valence-corrected chi connectivity index (χ0v) is 15.5. The Morgan fingerprint density at radius 1 is 0.923 bits per heavy atom. The number of aliphatic carboxylic acids is 1. The summed E-state index contributed by atoms with van der Waals surface area (Å²) in [5.74, 6) is -1.73. The standard InChI is InChI=1S/C21H24O4S/c22-21(23)19-8-4-5-9-20(19)26(24,25)15-14-16-10-12-18(13-11-16)17-6-2-1-3-7-17/h1-3,6-7,10-13,19-20H,4-5,8-9,14-15H2,(H,22,23)/t19-,20+/m1/s1. The Morgan fingerprint density at radius 3 is 2.19 bits per heavy atom. The van der Waals surface area contributed by atoms with E-state index in [-0.39, 0.29) is 5.75 Å². The molecule has 1 aliphatic rings. The highest BCUT2D eigenvalue weighted by Gasteiger charge is 2.39. The van der Waals surface area contributed by atoms with Gasteiger partial charge in [0.15, 0.2) is 9.84 Å². The van der Waals surface area contributed by atoms with E-state index in [9.17, 15) is 18.3 Å². The van der Waals surface area contributed by atoms with Crippen molar-refractivity contribution in [3.8, 4) is 11.1 Å². The van der Waals surface area contributed by atoms with Gasteiger partial charge < -0.3 is 5.11 Å². The summed E-state index contributed by atoms with van der Waals surface area (Å²) in [6.45, 7) is 0. The molecule has 2 aromatic rings. The maximum absolute atomic E-state index is 12.7. The van der Waals surface area contributed by atoms with Crippen LogP contribution in [0.1, 0.15) is 31.2 Å². The number of sulfone groups is 1. The lowest BCUT2D eigenvalue weighted by Gasteiger charge is -2.28. The monoisotopic (exact) mass is 372 g/mol. The topological polar surface area (TPSA) is 71.4 Å². The second kappa shape index (κ2) is 8.04. The van der Waals surface area contributed by atoms with Crippen LogP contribution >= 0.6 is 0 Å². The molecule has 1 saturated carbocycles. The fourth-order valence-electron chi connectivity index (χ4n) is 3.72. The molecular weight excluding hydrogens is 348 g/mol. The quantitative estimate of drug-likeness (QED) is 0.833. The van der Waals surface area contributed by atoms with Crippen molar-refractivity contribution in [3.63, 3.8) is 0 Å². The number of hydrogen-bond acceptors (Lipinski definition) is 3. The molecular formula is C21H24O4S. The molecule has 1 N–H and O–H groups in total. The number of carboxylic acids is 1. The molecule has 0 unspecified atom stereocenters. The lowest BCUT2D eigenvalue weighted by atomic mass is 9.89. The van der Waals surface area contributed by atoms with E-state index >= 15 is 0 Å². The fourth-order valence-corrected chi connectivity index (χ4v) is 5.82. The molecule has 5 heteroatoms. The Balaban J connectivity index is 1.67. The van der Waals surface area contributed by atoms with Gasteiger partial charge in [0, 0.05) is 0 Å². The van der Waals surface area contributed by atoms with Crippen LogP contribution in [0, 0.1) is 5.92 Å². The third kappa shape index (κ3) is 4.33. The maximum Gasteiger partial charge on any atom is 0.307 e. The molecule has 0 aromatic heterocycles. The van der Waals surface area contributed by atoms with Crippen LogP contribution in [0.15, 0.2) is 54.6 Å². The Bertz CT molecular complexity index is 841. The van der Waals surface area contributed by atoms with Crippen LogP contribution in [-0.2, 0) is 21.1 Å². The SMILES string of the molecule is O=C(O)[C@@H]1CCCC[C@@H]1S(=O)(=O)CCc1ccc(-c2ccccc2)cc1. The van der Waals surface area contributed by atoms with Crippen molar-refractivity contribution in [2.75, 3.05) is 5.75 Å². The summed E-state index contributed by atoms with van der Waals surface area (Å²) in [5, 5.41) is 8.59. The molecule has 0 aliphatic heterocycles. The normalized spacial score (nSPS) is 20.6. The van der Waals surface area contributed by atoms with Crippen LogP contribution in [0.3, 0.4) is 0 Å². The molecule has 0 spiro atoms. The van der Waals surface area contributed by atoms with E-state index in [2.05, 4.69) is 0 Å². The first-order valence-corrected chi connectivity index (χ1v) is 10.8. The lowest BCUT2D eigenvalue weighted by molar-refractivity contribution is -0.142. The van der Waals surface area contributed by atoms with Gasteiger partial charge in [-0.25, -0.2) is 8.42 Å². The van der Waals surface area contributed by atoms with E-state index in [1.165, 1.54) is 0 Å². The number of aryl methyl sites for hydroxylation is 1. The highest BCUT2D eigenvalue weighted by molar-refractivity contribution is 7.92. The smallest absolute Gasteiger partial charge is 0.307 e. The van der Waals surface area contributed by atoms with Crippen molar-refractivity contribution in [3.05, 3.63) is 60.2 Å². The number of benzene rings is 2. The number of carboxylic acid groups (broad SMARTS) is 1. The summed E-state index contributed by atoms with van der Waals surface area (Å²) in [6, 6.07) is 17.9. The largest absolute Gasteiger partial charge is 0.481 e. The van der Waals surface area contributed by atoms with Gasteiger partial charge in [-0.1, -0.05) is 67.4 Å². The molecule has 3 rings (SSSR count). The van der Waals surface area contributed by atoms with E-state index in [4.69, 9.17) is 0 Å².